The van der Waals surface area contributed by atoms with E-state index in [4.69, 9.17) is 4.74 Å². The molecule has 0 spiro atoms. The maximum absolute atomic E-state index is 13.3. The number of aromatic nitrogens is 8. The number of aromatic amines is 2. The van der Waals surface area contributed by atoms with Crippen LogP contribution in [0.15, 0.2) is 158 Å². The molecule has 2 amide bonds. The molecule has 23 heteroatoms. The Hall–Kier alpha value is -8.12. The molecule has 0 aliphatic rings. The van der Waals surface area contributed by atoms with Gasteiger partial charge >= 0.3 is 65.1 Å². The molecular formula is C53H41F2N12Na2O7-. The number of halogens is 2. The summed E-state index contributed by atoms with van der Waals surface area (Å²) in [6.07, 6.45) is 4.85. The van der Waals surface area contributed by atoms with E-state index in [-0.39, 0.29) is 101 Å². The molecule has 0 atom stereocenters. The van der Waals surface area contributed by atoms with Gasteiger partial charge in [0.1, 0.15) is 35.9 Å². The largest absolute Gasteiger partial charge is 1.00 e. The minimum Gasteiger partial charge on any atom is -0.870 e. The molecule has 0 aliphatic carbocycles. The van der Waals surface area contributed by atoms with Crippen molar-refractivity contribution in [3.05, 3.63) is 192 Å². The van der Waals surface area contributed by atoms with Crippen molar-refractivity contribution >= 4 is 80.5 Å². The maximum atomic E-state index is 13.3. The number of benzene rings is 6. The summed E-state index contributed by atoms with van der Waals surface area (Å²) in [5, 5.41) is 27.3. The van der Waals surface area contributed by atoms with E-state index >= 15 is 0 Å². The van der Waals surface area contributed by atoms with Crippen molar-refractivity contribution in [2.45, 2.75) is 12.8 Å². The number of carbonyl (C=O) groups is 3. The van der Waals surface area contributed by atoms with Crippen molar-refractivity contribution in [1.29, 1.82) is 0 Å². The van der Waals surface area contributed by atoms with Gasteiger partial charge in [-0.1, -0.05) is 36.4 Å². The number of fused-ring (bicyclic) bond motifs is 2. The number of hydrogen-bond acceptors (Lipinski definition) is 15. The summed E-state index contributed by atoms with van der Waals surface area (Å²) in [6.45, 7) is 0. The molecule has 0 saturated heterocycles. The summed E-state index contributed by atoms with van der Waals surface area (Å²) < 4.78 is 31.4. The molecule has 0 bridgehead atoms. The normalized spacial score (nSPS) is 10.2. The number of hydrogen-bond donors (Lipinski definition) is 6. The Kier molecular flexibility index (Phi) is 21.2. The minimum absolute atomic E-state index is 0. The van der Waals surface area contributed by atoms with E-state index in [0.717, 1.165) is 44.1 Å². The molecular weight excluding hydrogens is 1000 g/mol. The summed E-state index contributed by atoms with van der Waals surface area (Å²) in [7, 11) is 1.35. The molecule has 0 aliphatic heterocycles. The molecule has 76 heavy (non-hydrogen) atoms. The Morgan fingerprint density at radius 2 is 0.987 bits per heavy atom. The number of nitrogens with zero attached hydrogens (tertiary/aromatic N) is 6. The summed E-state index contributed by atoms with van der Waals surface area (Å²) in [6, 6.07) is 40.7. The summed E-state index contributed by atoms with van der Waals surface area (Å²) >= 11 is 0. The van der Waals surface area contributed by atoms with Crippen LogP contribution in [0, 0.1) is 11.6 Å². The van der Waals surface area contributed by atoms with Crippen LogP contribution in [0.2, 0.25) is 0 Å². The molecule has 0 radical (unpaired) electrons. The van der Waals surface area contributed by atoms with Crippen LogP contribution in [0.1, 0.15) is 27.3 Å². The van der Waals surface area contributed by atoms with Crippen molar-refractivity contribution in [3.63, 3.8) is 0 Å². The first-order valence-electron chi connectivity index (χ1n) is 22.0. The summed E-state index contributed by atoms with van der Waals surface area (Å²) in [5.41, 5.74) is 8.11. The van der Waals surface area contributed by atoms with Gasteiger partial charge in [0.25, 0.3) is 0 Å². The number of rotatable bonds is 14. The maximum Gasteiger partial charge on any atom is 1.00 e. The summed E-state index contributed by atoms with van der Waals surface area (Å²) in [5.74, 6) is 0.252. The van der Waals surface area contributed by atoms with E-state index in [2.05, 4.69) is 61.6 Å². The Bertz CT molecular complexity index is 3620. The van der Waals surface area contributed by atoms with E-state index in [0.29, 0.717) is 57.2 Å². The van der Waals surface area contributed by atoms with Crippen molar-refractivity contribution < 1.29 is 103 Å². The van der Waals surface area contributed by atoms with E-state index < -0.39 is 11.6 Å². The third-order valence-corrected chi connectivity index (χ3v) is 10.9. The Morgan fingerprint density at radius 1 is 0.553 bits per heavy atom. The zero-order chi connectivity index (χ0) is 50.0. The molecule has 0 fully saturated rings. The van der Waals surface area contributed by atoms with Crippen molar-refractivity contribution in [2.24, 2.45) is 0 Å². The fraction of sp³-hybridized carbons (Fsp3) is 0.0566. The standard InChI is InChI=1S/C27H21FN6O3.C26H18FN6O2.2Na.2H2O/c1-37-27(36)17-7-5-16(6-8-17)18-9-10-22-23(11-18)29-15-30-26(22)32-24-13-21(33-34-24)14-25(35)31-20-4-2-3-19(28)12-20;27-19-2-1-3-20(11-19)30-25(35)13-21-12-24(33-32-21)31-26-22-9-8-18(10-23(22)28-15-29-26)17-6-4-16(14-34)5-7-17;;;;/h2-13,15H,14H2,1H3,(H,31,35)(H2,29,30,32,33,34);1-12,15H,13H2,(H,30,35)(H2,28,29,31,32,33);;;2*1H2/q;-1;2*+1;;/p-2. The molecule has 4 heterocycles. The van der Waals surface area contributed by atoms with Gasteiger partial charge in [-0.15, -0.1) is 12.1 Å². The molecule has 0 unspecified atom stereocenters. The fourth-order valence-corrected chi connectivity index (χ4v) is 7.48. The molecule has 8 N–H and O–H groups in total. The van der Waals surface area contributed by atoms with Gasteiger partial charge in [-0.25, -0.2) is 33.5 Å². The first kappa shape index (κ1) is 58.8. The van der Waals surface area contributed by atoms with Crippen molar-refractivity contribution in [3.8, 4) is 22.3 Å². The van der Waals surface area contributed by atoms with E-state index in [1.807, 2.05) is 66.9 Å². The van der Waals surface area contributed by atoms with Gasteiger partial charge in [0, 0.05) is 45.7 Å². The zero-order valence-electron chi connectivity index (χ0n) is 40.8. The predicted molar refractivity (Wildman–Crippen MR) is 271 cm³/mol. The first-order valence-corrected chi connectivity index (χ1v) is 22.0. The second kappa shape index (κ2) is 27.4. The Balaban J connectivity index is 0.000000267. The molecule has 0 saturated carbocycles. The molecule has 19 nitrogen and oxygen atoms in total. The smallest absolute Gasteiger partial charge is 0.870 e. The first-order chi connectivity index (χ1) is 35.0. The van der Waals surface area contributed by atoms with Crippen molar-refractivity contribution in [1.82, 2.24) is 40.3 Å². The number of ether oxygens (including phenoxy) is 1. The van der Waals surface area contributed by atoms with Gasteiger partial charge < -0.3 is 41.8 Å². The second-order valence-corrected chi connectivity index (χ2v) is 15.9. The Labute approximate surface area is 476 Å². The molecule has 4 aromatic heterocycles. The third-order valence-electron chi connectivity index (χ3n) is 10.9. The van der Waals surface area contributed by atoms with Crippen LogP contribution >= 0.6 is 0 Å². The van der Waals surface area contributed by atoms with E-state index in [9.17, 15) is 28.0 Å². The Morgan fingerprint density at radius 3 is 1.41 bits per heavy atom. The van der Waals surface area contributed by atoms with Gasteiger partial charge in [-0.2, -0.15) is 27.9 Å². The summed E-state index contributed by atoms with van der Waals surface area (Å²) in [4.78, 5) is 64.5. The quantitative estimate of drug-likeness (QED) is 0.0518. The molecule has 372 valence electrons. The topological polar surface area (TPSA) is 295 Å². The number of nitrogens with one attached hydrogen (secondary N) is 6. The van der Waals surface area contributed by atoms with Gasteiger partial charge in [0.2, 0.25) is 11.8 Å². The van der Waals surface area contributed by atoms with Crippen molar-refractivity contribution in [2.75, 3.05) is 28.4 Å². The average Bonchev–Trinajstić information content (AvgIpc) is 4.04. The number of methoxy groups -OCH3 is 1. The second-order valence-electron chi connectivity index (χ2n) is 15.9. The van der Waals surface area contributed by atoms with Crippen LogP contribution < -0.4 is 80.4 Å². The molecule has 10 rings (SSSR count). The van der Waals surface area contributed by atoms with Gasteiger partial charge in [0.05, 0.1) is 42.8 Å². The van der Waals surface area contributed by atoms with Gasteiger partial charge in [-0.05, 0) is 95.1 Å². The number of esters is 1. The predicted octanol–water partition coefficient (Wildman–Crippen LogP) is 3.07. The molecule has 10 aromatic rings. The number of amides is 2. The van der Waals surface area contributed by atoms with Crippen LogP contribution in [0.5, 0.6) is 0 Å². The van der Waals surface area contributed by atoms with Gasteiger partial charge in [0.15, 0.2) is 11.6 Å². The minimum atomic E-state index is -0.425. The zero-order valence-corrected chi connectivity index (χ0v) is 44.8. The van der Waals surface area contributed by atoms with E-state index in [1.165, 1.54) is 56.2 Å². The molecule has 6 aromatic carbocycles. The van der Waals surface area contributed by atoms with Crippen LogP contribution in [0.25, 0.3) is 44.1 Å². The van der Waals surface area contributed by atoms with Crippen LogP contribution in [0.3, 0.4) is 0 Å². The number of carbonyl (C=O) groups excluding carboxylic acids is 4. The number of H-pyrrole nitrogens is 2. The van der Waals surface area contributed by atoms with Gasteiger partial charge in [-0.3, -0.25) is 19.8 Å². The van der Waals surface area contributed by atoms with Crippen LogP contribution in [0.4, 0.5) is 43.4 Å². The van der Waals surface area contributed by atoms with Crippen LogP contribution in [-0.4, -0.2) is 82.5 Å². The fourth-order valence-electron chi connectivity index (χ4n) is 7.48. The third kappa shape index (κ3) is 15.0. The monoisotopic (exact) mass is 1040 g/mol. The van der Waals surface area contributed by atoms with E-state index in [1.54, 1.807) is 48.5 Å². The number of anilines is 6. The average molecular weight is 1040 g/mol. The SMILES string of the molecule is COC(=O)c1ccc(-c2ccc3c(Nc4cc(CC(=O)Nc5cccc(F)c5)[nH]n4)ncnc3c2)cc1.O=[C-]c1ccc(-c2ccc3c(Nc4cc(CC(=O)Nc5cccc(F)c5)[nH]n4)ncnc3c2)cc1.[Na+].[Na+].[OH-].[OH-]. The van der Waals surface area contributed by atoms with Crippen LogP contribution in [-0.2, 0) is 32.0 Å².